The van der Waals surface area contributed by atoms with E-state index < -0.39 is 0 Å². The normalized spacial score (nSPS) is 18.0. The molecule has 0 aliphatic carbocycles. The van der Waals surface area contributed by atoms with Crippen LogP contribution in [0.1, 0.15) is 18.1 Å². The van der Waals surface area contributed by atoms with Gasteiger partial charge in [-0.15, -0.1) is 0 Å². The molecule has 162 valence electrons. The van der Waals surface area contributed by atoms with E-state index in [9.17, 15) is 9.59 Å². The van der Waals surface area contributed by atoms with Gasteiger partial charge in [-0.05, 0) is 42.3 Å². The van der Waals surface area contributed by atoms with Gasteiger partial charge in [0.25, 0.3) is 0 Å². The number of benzene rings is 2. The number of hydrogen-bond acceptors (Lipinski definition) is 5. The van der Waals surface area contributed by atoms with Crippen LogP contribution in [-0.2, 0) is 17.8 Å². The summed E-state index contributed by atoms with van der Waals surface area (Å²) < 4.78 is 5.60. The van der Waals surface area contributed by atoms with Crippen LogP contribution in [0, 0.1) is 0 Å². The molecule has 2 aliphatic rings. The summed E-state index contributed by atoms with van der Waals surface area (Å²) in [5.74, 6) is 0.986. The highest BCUT2D eigenvalue weighted by atomic mass is 16.5. The number of rotatable bonds is 5. The fraction of sp³-hybridized carbons (Fsp3) is 0.391. The first-order valence-corrected chi connectivity index (χ1v) is 10.8. The lowest BCUT2D eigenvalue weighted by molar-refractivity contribution is -0.121. The number of ether oxygens (including phenoxy) is 1. The zero-order valence-corrected chi connectivity index (χ0v) is 17.6. The average Bonchev–Trinajstić information content (AvgIpc) is 3.38. The van der Waals surface area contributed by atoms with Gasteiger partial charge in [0, 0.05) is 44.8 Å². The van der Waals surface area contributed by atoms with Crippen molar-refractivity contribution in [1.29, 1.82) is 0 Å². The van der Waals surface area contributed by atoms with Crippen molar-refractivity contribution in [3.63, 3.8) is 0 Å². The van der Waals surface area contributed by atoms with Crippen LogP contribution in [0.4, 0.5) is 5.69 Å². The topological polar surface area (TPSA) is 93.5 Å². The third-order valence-corrected chi connectivity index (χ3v) is 6.28. The van der Waals surface area contributed by atoms with E-state index in [4.69, 9.17) is 4.74 Å². The Hall–Kier alpha value is -3.10. The van der Waals surface area contributed by atoms with Gasteiger partial charge in [-0.25, -0.2) is 4.79 Å². The number of H-pyrrole nitrogens is 2. The van der Waals surface area contributed by atoms with Crippen LogP contribution in [0.25, 0.3) is 11.0 Å². The Morgan fingerprint density at radius 2 is 1.90 bits per heavy atom. The van der Waals surface area contributed by atoms with E-state index in [1.807, 2.05) is 6.92 Å². The standard InChI is InChI=1S/C23H27N5O3/c1-15(22(29)24-18-3-4-19-20(13-18)26-23(30)25-19)28-9-7-27(8-10-28)14-16-2-5-21-17(12-16)6-11-31-21/h2-5,12-13,15H,6-11,14H2,1H3,(H,24,29)(H2,25,26,30)/t15-/m0/s1. The summed E-state index contributed by atoms with van der Waals surface area (Å²) in [7, 11) is 0. The number of aromatic amines is 2. The molecular formula is C23H27N5O3. The minimum absolute atomic E-state index is 0.0377. The lowest BCUT2D eigenvalue weighted by Gasteiger charge is -2.37. The van der Waals surface area contributed by atoms with Crippen LogP contribution in [0.2, 0.25) is 0 Å². The van der Waals surface area contributed by atoms with Crippen LogP contribution in [0.3, 0.4) is 0 Å². The van der Waals surface area contributed by atoms with E-state index >= 15 is 0 Å². The molecule has 5 rings (SSSR count). The lowest BCUT2D eigenvalue weighted by atomic mass is 10.1. The second-order valence-corrected chi connectivity index (χ2v) is 8.36. The summed E-state index contributed by atoms with van der Waals surface area (Å²) in [5.41, 5.74) is 4.46. The van der Waals surface area contributed by atoms with E-state index in [2.05, 4.69) is 43.3 Å². The molecule has 2 aliphatic heterocycles. The van der Waals surface area contributed by atoms with Crippen molar-refractivity contribution in [2.24, 2.45) is 0 Å². The molecule has 1 atom stereocenters. The van der Waals surface area contributed by atoms with E-state index in [1.165, 1.54) is 11.1 Å². The quantitative estimate of drug-likeness (QED) is 0.585. The first-order chi connectivity index (χ1) is 15.0. The maximum Gasteiger partial charge on any atom is 0.323 e. The number of aromatic nitrogens is 2. The molecule has 8 nitrogen and oxygen atoms in total. The Balaban J connectivity index is 1.15. The molecule has 0 unspecified atom stereocenters. The Morgan fingerprint density at radius 3 is 2.74 bits per heavy atom. The average molecular weight is 422 g/mol. The number of piperazine rings is 1. The maximum atomic E-state index is 12.8. The second kappa shape index (κ2) is 8.20. The molecule has 0 spiro atoms. The smallest absolute Gasteiger partial charge is 0.323 e. The molecule has 3 aromatic rings. The van der Waals surface area contributed by atoms with Gasteiger partial charge in [-0.3, -0.25) is 14.6 Å². The van der Waals surface area contributed by atoms with Crippen molar-refractivity contribution in [2.75, 3.05) is 38.1 Å². The third kappa shape index (κ3) is 4.22. The largest absolute Gasteiger partial charge is 0.493 e. The third-order valence-electron chi connectivity index (χ3n) is 6.28. The number of imidazole rings is 1. The molecule has 3 N–H and O–H groups in total. The molecule has 1 aromatic heterocycles. The molecule has 2 aromatic carbocycles. The highest BCUT2D eigenvalue weighted by molar-refractivity contribution is 5.96. The Labute approximate surface area is 180 Å². The van der Waals surface area contributed by atoms with Crippen LogP contribution < -0.4 is 15.7 Å². The van der Waals surface area contributed by atoms with Crippen molar-refractivity contribution in [1.82, 2.24) is 19.8 Å². The molecule has 0 saturated carbocycles. The van der Waals surface area contributed by atoms with Crippen LogP contribution in [-0.4, -0.2) is 64.5 Å². The van der Waals surface area contributed by atoms with Crippen molar-refractivity contribution in [3.8, 4) is 5.75 Å². The number of fused-ring (bicyclic) bond motifs is 2. The van der Waals surface area contributed by atoms with Gasteiger partial charge >= 0.3 is 5.69 Å². The Kier molecular flexibility index (Phi) is 5.25. The van der Waals surface area contributed by atoms with E-state index in [0.717, 1.165) is 57.0 Å². The number of hydrogen-bond donors (Lipinski definition) is 3. The molecule has 31 heavy (non-hydrogen) atoms. The molecule has 1 fully saturated rings. The summed E-state index contributed by atoms with van der Waals surface area (Å²) in [5, 5.41) is 2.97. The van der Waals surface area contributed by atoms with Gasteiger partial charge in [-0.2, -0.15) is 0 Å². The second-order valence-electron chi connectivity index (χ2n) is 8.36. The minimum Gasteiger partial charge on any atom is -0.493 e. The molecule has 1 amide bonds. The predicted octanol–water partition coefficient (Wildman–Crippen LogP) is 1.94. The molecule has 3 heterocycles. The van der Waals surface area contributed by atoms with Crippen LogP contribution in [0.15, 0.2) is 41.2 Å². The molecule has 1 saturated heterocycles. The molecule has 0 radical (unpaired) electrons. The molecule has 8 heteroatoms. The summed E-state index contributed by atoms with van der Waals surface area (Å²) in [6, 6.07) is 11.6. The van der Waals surface area contributed by atoms with Crippen LogP contribution in [0.5, 0.6) is 5.75 Å². The maximum absolute atomic E-state index is 12.8. The lowest BCUT2D eigenvalue weighted by Crippen LogP contribution is -2.52. The van der Waals surface area contributed by atoms with Crippen molar-refractivity contribution >= 4 is 22.6 Å². The SMILES string of the molecule is C[C@@H](C(=O)Nc1ccc2[nH]c(=O)[nH]c2c1)N1CCN(Cc2ccc3c(c2)CCO3)CC1. The summed E-state index contributed by atoms with van der Waals surface area (Å²) >= 11 is 0. The summed E-state index contributed by atoms with van der Waals surface area (Å²) in [6.45, 7) is 7.23. The highest BCUT2D eigenvalue weighted by Gasteiger charge is 2.26. The highest BCUT2D eigenvalue weighted by Crippen LogP contribution is 2.26. The summed E-state index contributed by atoms with van der Waals surface area (Å²) in [6.07, 6.45) is 0.997. The van der Waals surface area contributed by atoms with E-state index in [1.54, 1.807) is 18.2 Å². The van der Waals surface area contributed by atoms with Crippen molar-refractivity contribution in [3.05, 3.63) is 58.0 Å². The number of nitrogens with zero attached hydrogens (tertiary/aromatic N) is 2. The first-order valence-electron chi connectivity index (χ1n) is 10.8. The van der Waals surface area contributed by atoms with Gasteiger partial charge in [0.05, 0.1) is 23.7 Å². The van der Waals surface area contributed by atoms with Crippen molar-refractivity contribution in [2.45, 2.75) is 25.9 Å². The van der Waals surface area contributed by atoms with Gasteiger partial charge < -0.3 is 20.0 Å². The Bertz CT molecular complexity index is 1160. The fourth-order valence-electron chi connectivity index (χ4n) is 4.43. The fourth-order valence-corrected chi connectivity index (χ4v) is 4.43. The molecular weight excluding hydrogens is 394 g/mol. The van der Waals surface area contributed by atoms with Crippen LogP contribution >= 0.6 is 0 Å². The monoisotopic (exact) mass is 421 g/mol. The number of amides is 1. The van der Waals surface area contributed by atoms with E-state index in [-0.39, 0.29) is 17.6 Å². The van der Waals surface area contributed by atoms with E-state index in [0.29, 0.717) is 11.2 Å². The van der Waals surface area contributed by atoms with Gasteiger partial charge in [0.15, 0.2) is 0 Å². The minimum atomic E-state index is -0.252. The number of carbonyl (C=O) groups excluding carboxylic acids is 1. The number of anilines is 1. The molecule has 0 bridgehead atoms. The predicted molar refractivity (Wildman–Crippen MR) is 120 cm³/mol. The first kappa shape index (κ1) is 19.8. The number of nitrogens with one attached hydrogen (secondary N) is 3. The number of carbonyl (C=O) groups is 1. The zero-order valence-electron chi connectivity index (χ0n) is 17.6. The zero-order chi connectivity index (χ0) is 21.4. The van der Waals surface area contributed by atoms with Crippen molar-refractivity contribution < 1.29 is 9.53 Å². The van der Waals surface area contributed by atoms with Gasteiger partial charge in [0.2, 0.25) is 5.91 Å². The Morgan fingerprint density at radius 1 is 1.10 bits per heavy atom. The van der Waals surface area contributed by atoms with Gasteiger partial charge in [-0.1, -0.05) is 12.1 Å². The van der Waals surface area contributed by atoms with Gasteiger partial charge in [0.1, 0.15) is 5.75 Å². The summed E-state index contributed by atoms with van der Waals surface area (Å²) in [4.78, 5) is 34.3.